The fourth-order valence-corrected chi connectivity index (χ4v) is 3.00. The molecule has 0 amide bonds. The van der Waals surface area contributed by atoms with Gasteiger partial charge in [-0.15, -0.1) is 11.8 Å². The first-order valence-corrected chi connectivity index (χ1v) is 8.95. The number of nitrogens with one attached hydrogen (secondary N) is 1. The van der Waals surface area contributed by atoms with Gasteiger partial charge in [-0.05, 0) is 38.6 Å². The topological polar surface area (TPSA) is 21.3 Å². The molecule has 3 heteroatoms. The van der Waals surface area contributed by atoms with E-state index in [9.17, 15) is 0 Å². The Labute approximate surface area is 137 Å². The fourth-order valence-electron chi connectivity index (χ4n) is 1.76. The van der Waals surface area contributed by atoms with Gasteiger partial charge in [-0.1, -0.05) is 52.8 Å². The summed E-state index contributed by atoms with van der Waals surface area (Å²) in [5.74, 6) is 0. The van der Waals surface area contributed by atoms with Crippen LogP contribution < -0.4 is 5.32 Å². The molecular weight excluding hydrogens is 278 g/mol. The summed E-state index contributed by atoms with van der Waals surface area (Å²) in [6.07, 6.45) is 1.11. The zero-order chi connectivity index (χ0) is 16.6. The third-order valence-electron chi connectivity index (χ3n) is 2.64. The molecule has 1 rings (SSSR count). The van der Waals surface area contributed by atoms with Gasteiger partial charge in [0, 0.05) is 16.8 Å². The van der Waals surface area contributed by atoms with Crippen molar-refractivity contribution in [2.24, 2.45) is 0 Å². The monoisotopic (exact) mass is 313 g/mol. The van der Waals surface area contributed by atoms with Crippen LogP contribution in [-0.4, -0.2) is 31.6 Å². The second kappa shape index (κ2) is 15.9. The van der Waals surface area contributed by atoms with E-state index in [-0.39, 0.29) is 4.75 Å². The molecule has 21 heavy (non-hydrogen) atoms. The Morgan fingerprint density at radius 3 is 2.14 bits per heavy atom. The number of rotatable bonds is 8. The summed E-state index contributed by atoms with van der Waals surface area (Å²) in [5, 5.41) is 3.38. The smallest absolute Gasteiger partial charge is 0.0610 e. The minimum Gasteiger partial charge on any atom is -0.383 e. The molecule has 0 radical (unpaired) electrons. The van der Waals surface area contributed by atoms with Crippen LogP contribution in [0.5, 0.6) is 0 Å². The lowest BCUT2D eigenvalue weighted by Gasteiger charge is -2.28. The first-order chi connectivity index (χ1) is 10.2. The van der Waals surface area contributed by atoms with Crippen LogP contribution in [0.3, 0.4) is 0 Å². The molecule has 0 aliphatic carbocycles. The summed E-state index contributed by atoms with van der Waals surface area (Å²) in [5.41, 5.74) is 0. The molecule has 0 spiro atoms. The maximum Gasteiger partial charge on any atom is 0.0610 e. The predicted octanol–water partition coefficient (Wildman–Crippen LogP) is 5.24. The predicted molar refractivity (Wildman–Crippen MR) is 98.4 cm³/mol. The van der Waals surface area contributed by atoms with Crippen LogP contribution in [0.15, 0.2) is 35.2 Å². The molecule has 0 saturated carbocycles. The second-order valence-corrected chi connectivity index (χ2v) is 6.06. The minimum absolute atomic E-state index is 0.137. The number of methoxy groups -OCH3 is 1. The van der Waals surface area contributed by atoms with E-state index in [1.165, 1.54) is 4.90 Å². The Balaban J connectivity index is 0. The second-order valence-electron chi connectivity index (χ2n) is 4.40. The first-order valence-electron chi connectivity index (χ1n) is 8.14. The number of ether oxygens (including phenoxy) is 1. The van der Waals surface area contributed by atoms with Crippen molar-refractivity contribution in [1.82, 2.24) is 5.32 Å². The lowest BCUT2D eigenvalue weighted by Crippen LogP contribution is -2.31. The molecule has 124 valence electrons. The third-order valence-corrected chi connectivity index (χ3v) is 3.96. The lowest BCUT2D eigenvalue weighted by molar-refractivity contribution is 0.169. The molecule has 2 nitrogen and oxygen atoms in total. The van der Waals surface area contributed by atoms with Crippen molar-refractivity contribution in [1.29, 1.82) is 0 Å². The van der Waals surface area contributed by atoms with Gasteiger partial charge in [0.25, 0.3) is 0 Å². The van der Waals surface area contributed by atoms with Crippen molar-refractivity contribution in [2.75, 3.05) is 26.8 Å². The lowest BCUT2D eigenvalue weighted by atomic mass is 10.1. The molecule has 0 fully saturated rings. The van der Waals surface area contributed by atoms with E-state index >= 15 is 0 Å². The molecule has 0 aliphatic heterocycles. The van der Waals surface area contributed by atoms with E-state index in [2.05, 4.69) is 49.5 Å². The third kappa shape index (κ3) is 11.8. The van der Waals surface area contributed by atoms with Gasteiger partial charge in [0.15, 0.2) is 0 Å². The normalized spacial score (nSPS) is 12.3. The number of hydrogen-bond donors (Lipinski definition) is 1. The van der Waals surface area contributed by atoms with Crippen molar-refractivity contribution in [3.8, 4) is 0 Å². The molecule has 1 atom stereocenters. The van der Waals surface area contributed by atoms with Gasteiger partial charge in [-0.3, -0.25) is 0 Å². The summed E-state index contributed by atoms with van der Waals surface area (Å²) in [4.78, 5) is 1.31. The highest BCUT2D eigenvalue weighted by atomic mass is 32.2. The molecule has 0 bridgehead atoms. The Morgan fingerprint density at radius 1 is 1.10 bits per heavy atom. The van der Waals surface area contributed by atoms with E-state index in [1.54, 1.807) is 7.11 Å². The molecule has 1 aromatic carbocycles. The summed E-state index contributed by atoms with van der Waals surface area (Å²) in [7, 11) is 1.77. The van der Waals surface area contributed by atoms with Gasteiger partial charge < -0.3 is 10.1 Å². The Bertz CT molecular complexity index is 305. The van der Waals surface area contributed by atoms with Gasteiger partial charge in [0.1, 0.15) is 0 Å². The summed E-state index contributed by atoms with van der Waals surface area (Å²) in [6.45, 7) is 15.2. The first kappa shape index (κ1) is 22.8. The molecule has 1 aromatic rings. The zero-order valence-electron chi connectivity index (χ0n) is 15.0. The van der Waals surface area contributed by atoms with Crippen LogP contribution in [0.2, 0.25) is 0 Å². The molecule has 1 unspecified atom stereocenters. The molecule has 1 N–H and O–H groups in total. The van der Waals surface area contributed by atoms with Gasteiger partial charge in [-0.25, -0.2) is 0 Å². The maximum absolute atomic E-state index is 5.36. The van der Waals surface area contributed by atoms with E-state index in [1.807, 2.05) is 39.5 Å². The van der Waals surface area contributed by atoms with Crippen molar-refractivity contribution in [3.05, 3.63) is 30.3 Å². The van der Waals surface area contributed by atoms with E-state index < -0.39 is 0 Å². The zero-order valence-corrected chi connectivity index (χ0v) is 15.8. The van der Waals surface area contributed by atoms with Crippen molar-refractivity contribution >= 4 is 11.8 Å². The van der Waals surface area contributed by atoms with E-state index in [4.69, 9.17) is 4.74 Å². The quantitative estimate of drug-likeness (QED) is 0.524. The number of benzene rings is 1. The molecule has 0 heterocycles. The van der Waals surface area contributed by atoms with Crippen molar-refractivity contribution < 1.29 is 4.74 Å². The SMILES string of the molecule is CC.CC.CCNCCC(C)(COC)Sc1ccccc1. The largest absolute Gasteiger partial charge is 0.383 e. The Hall–Kier alpha value is -0.510. The fraction of sp³-hybridized carbons (Fsp3) is 0.667. The van der Waals surface area contributed by atoms with Crippen LogP contribution in [0.1, 0.15) is 48.0 Å². The number of hydrogen-bond acceptors (Lipinski definition) is 3. The average molecular weight is 314 g/mol. The molecule has 0 aliphatic rings. The van der Waals surface area contributed by atoms with Crippen LogP contribution >= 0.6 is 11.8 Å². The highest BCUT2D eigenvalue weighted by Gasteiger charge is 2.25. The van der Waals surface area contributed by atoms with Crippen LogP contribution in [-0.2, 0) is 4.74 Å². The molecule has 0 saturated heterocycles. The van der Waals surface area contributed by atoms with Crippen LogP contribution in [0, 0.1) is 0 Å². The average Bonchev–Trinajstić information content (AvgIpc) is 2.53. The van der Waals surface area contributed by atoms with Crippen LogP contribution in [0.25, 0.3) is 0 Å². The molecule has 0 aromatic heterocycles. The van der Waals surface area contributed by atoms with E-state index in [0.29, 0.717) is 0 Å². The van der Waals surface area contributed by atoms with Gasteiger partial charge in [0.2, 0.25) is 0 Å². The molecular formula is C18H35NOS. The van der Waals surface area contributed by atoms with Gasteiger partial charge in [0.05, 0.1) is 6.61 Å². The Morgan fingerprint density at radius 2 is 1.67 bits per heavy atom. The van der Waals surface area contributed by atoms with Crippen LogP contribution in [0.4, 0.5) is 0 Å². The Kier molecular flexibility index (Phi) is 17.2. The number of thioether (sulfide) groups is 1. The summed E-state index contributed by atoms with van der Waals surface area (Å²) >= 11 is 1.90. The summed E-state index contributed by atoms with van der Waals surface area (Å²) < 4.78 is 5.50. The standard InChI is InChI=1S/C14H23NOS.2C2H6/c1-4-15-11-10-14(2,12-16-3)17-13-8-6-5-7-9-13;2*1-2/h5-9,15H,4,10-12H2,1-3H3;2*1-2H3. The maximum atomic E-state index is 5.36. The highest BCUT2D eigenvalue weighted by molar-refractivity contribution is 8.00. The van der Waals surface area contributed by atoms with E-state index in [0.717, 1.165) is 26.1 Å². The summed E-state index contributed by atoms with van der Waals surface area (Å²) in [6, 6.07) is 10.5. The minimum atomic E-state index is 0.137. The van der Waals surface area contributed by atoms with Crippen molar-refractivity contribution in [2.45, 2.75) is 57.6 Å². The van der Waals surface area contributed by atoms with Gasteiger partial charge in [-0.2, -0.15) is 0 Å². The van der Waals surface area contributed by atoms with Gasteiger partial charge >= 0.3 is 0 Å². The highest BCUT2D eigenvalue weighted by Crippen LogP contribution is 2.35. The van der Waals surface area contributed by atoms with Crippen molar-refractivity contribution in [3.63, 3.8) is 0 Å².